The van der Waals surface area contributed by atoms with E-state index in [0.29, 0.717) is 18.7 Å². The van der Waals surface area contributed by atoms with Gasteiger partial charge in [0.1, 0.15) is 11.9 Å². The van der Waals surface area contributed by atoms with Crippen molar-refractivity contribution in [2.45, 2.75) is 38.1 Å². The molecule has 3 aliphatic rings. The van der Waals surface area contributed by atoms with Gasteiger partial charge in [0.05, 0.1) is 18.9 Å². The van der Waals surface area contributed by atoms with Crippen LogP contribution < -0.4 is 10.2 Å². The Bertz CT molecular complexity index is 520. The number of aromatic nitrogens is 1. The first-order valence-electron chi connectivity index (χ1n) is 7.02. The number of hydrogen-bond acceptors (Lipinski definition) is 5. The van der Waals surface area contributed by atoms with Crippen molar-refractivity contribution in [3.05, 3.63) is 22.9 Å². The summed E-state index contributed by atoms with van der Waals surface area (Å²) < 4.78 is 5.57. The SMILES string of the molecule is C[C@@H]1CNC[C@H]2Cc3cc4c(nc3N21)[C@H](CO)OC4. The van der Waals surface area contributed by atoms with Crippen molar-refractivity contribution < 1.29 is 9.84 Å². The highest BCUT2D eigenvalue weighted by Gasteiger charge is 2.38. The zero-order chi connectivity index (χ0) is 13.0. The van der Waals surface area contributed by atoms with E-state index in [0.717, 1.165) is 36.6 Å². The number of hydrogen-bond donors (Lipinski definition) is 2. The molecule has 3 atom stereocenters. The molecule has 4 rings (SSSR count). The minimum absolute atomic E-state index is 0.0132. The summed E-state index contributed by atoms with van der Waals surface area (Å²) in [7, 11) is 0. The lowest BCUT2D eigenvalue weighted by molar-refractivity contribution is 0.0217. The largest absolute Gasteiger partial charge is 0.393 e. The molecule has 0 bridgehead atoms. The van der Waals surface area contributed by atoms with Crippen LogP contribution in [0.25, 0.3) is 0 Å². The molecule has 102 valence electrons. The topological polar surface area (TPSA) is 57.6 Å². The van der Waals surface area contributed by atoms with E-state index in [-0.39, 0.29) is 12.7 Å². The number of ether oxygens (including phenoxy) is 1. The minimum Gasteiger partial charge on any atom is -0.393 e. The van der Waals surface area contributed by atoms with Gasteiger partial charge in [-0.15, -0.1) is 0 Å². The molecule has 1 saturated heterocycles. The molecule has 0 radical (unpaired) electrons. The van der Waals surface area contributed by atoms with Gasteiger partial charge in [0, 0.05) is 30.7 Å². The van der Waals surface area contributed by atoms with E-state index in [9.17, 15) is 5.11 Å². The van der Waals surface area contributed by atoms with E-state index in [4.69, 9.17) is 9.72 Å². The molecule has 0 unspecified atom stereocenters. The molecule has 0 amide bonds. The Balaban J connectivity index is 1.78. The highest BCUT2D eigenvalue weighted by Crippen LogP contribution is 2.38. The molecule has 1 fully saturated rings. The molecule has 4 heterocycles. The van der Waals surface area contributed by atoms with Crippen LogP contribution in [-0.4, -0.2) is 41.9 Å². The fourth-order valence-electron chi connectivity index (χ4n) is 3.60. The molecular formula is C14H19N3O2. The molecule has 1 aromatic rings. The highest BCUT2D eigenvalue weighted by molar-refractivity contribution is 5.58. The Labute approximate surface area is 112 Å². The predicted molar refractivity (Wildman–Crippen MR) is 71.2 cm³/mol. The lowest BCUT2D eigenvalue weighted by atomic mass is 10.1. The molecule has 19 heavy (non-hydrogen) atoms. The number of nitrogens with zero attached hydrogens (tertiary/aromatic N) is 2. The van der Waals surface area contributed by atoms with E-state index < -0.39 is 0 Å². The predicted octanol–water partition coefficient (Wildman–Crippen LogP) is 0.368. The normalized spacial score (nSPS) is 32.1. The molecule has 0 aromatic carbocycles. The van der Waals surface area contributed by atoms with Gasteiger partial charge in [-0.25, -0.2) is 4.98 Å². The summed E-state index contributed by atoms with van der Waals surface area (Å²) in [5.74, 6) is 1.11. The van der Waals surface area contributed by atoms with E-state index >= 15 is 0 Å². The van der Waals surface area contributed by atoms with E-state index in [1.54, 1.807) is 0 Å². The first-order chi connectivity index (χ1) is 9.28. The van der Waals surface area contributed by atoms with Gasteiger partial charge in [0.2, 0.25) is 0 Å². The van der Waals surface area contributed by atoms with E-state index in [1.165, 1.54) is 5.56 Å². The van der Waals surface area contributed by atoms with Gasteiger partial charge in [-0.2, -0.15) is 0 Å². The monoisotopic (exact) mass is 261 g/mol. The summed E-state index contributed by atoms with van der Waals surface area (Å²) in [5.41, 5.74) is 3.42. The lowest BCUT2D eigenvalue weighted by Gasteiger charge is -2.37. The molecule has 5 nitrogen and oxygen atoms in total. The number of piperazine rings is 1. The molecule has 0 aliphatic carbocycles. The quantitative estimate of drug-likeness (QED) is 0.765. The van der Waals surface area contributed by atoms with Crippen LogP contribution in [0.2, 0.25) is 0 Å². The average Bonchev–Trinajstić information content (AvgIpc) is 2.96. The summed E-state index contributed by atoms with van der Waals surface area (Å²) >= 11 is 0. The van der Waals surface area contributed by atoms with Crippen LogP contribution in [0.1, 0.15) is 29.8 Å². The Hall–Kier alpha value is -1.17. The third-order valence-electron chi connectivity index (χ3n) is 4.49. The maximum atomic E-state index is 9.36. The number of anilines is 1. The molecule has 5 heteroatoms. The van der Waals surface area contributed by atoms with Crippen molar-refractivity contribution >= 4 is 5.82 Å². The standard InChI is InChI=1S/C14H19N3O2/c1-8-4-15-5-11-3-9-2-10-7-19-12(6-18)13(10)16-14(9)17(8)11/h2,8,11-12,15,18H,3-7H2,1H3/t8-,11-,12+/m1/s1. The zero-order valence-corrected chi connectivity index (χ0v) is 11.1. The number of aliphatic hydroxyl groups is 1. The number of pyridine rings is 1. The van der Waals surface area contributed by atoms with Gasteiger partial charge in [-0.05, 0) is 25.0 Å². The second kappa shape index (κ2) is 4.16. The Morgan fingerprint density at radius 3 is 3.21 bits per heavy atom. The van der Waals surface area contributed by atoms with Crippen molar-refractivity contribution in [1.82, 2.24) is 10.3 Å². The van der Waals surface area contributed by atoms with Crippen LogP contribution in [0.4, 0.5) is 5.82 Å². The molecular weight excluding hydrogens is 242 g/mol. The maximum Gasteiger partial charge on any atom is 0.132 e. The van der Waals surface area contributed by atoms with Crippen LogP contribution in [0.5, 0.6) is 0 Å². The summed E-state index contributed by atoms with van der Waals surface area (Å²) in [6, 6.07) is 3.24. The smallest absolute Gasteiger partial charge is 0.132 e. The van der Waals surface area contributed by atoms with Crippen LogP contribution in [-0.2, 0) is 17.8 Å². The maximum absolute atomic E-state index is 9.36. The lowest BCUT2D eigenvalue weighted by Crippen LogP contribution is -2.55. The van der Waals surface area contributed by atoms with E-state index in [2.05, 4.69) is 23.2 Å². The average molecular weight is 261 g/mol. The van der Waals surface area contributed by atoms with Crippen molar-refractivity contribution in [3.8, 4) is 0 Å². The van der Waals surface area contributed by atoms with Crippen molar-refractivity contribution in [2.75, 3.05) is 24.6 Å². The van der Waals surface area contributed by atoms with Crippen LogP contribution >= 0.6 is 0 Å². The van der Waals surface area contributed by atoms with Crippen LogP contribution in [0.3, 0.4) is 0 Å². The fourth-order valence-corrected chi connectivity index (χ4v) is 3.60. The number of nitrogens with one attached hydrogen (secondary N) is 1. The number of rotatable bonds is 1. The van der Waals surface area contributed by atoms with Crippen molar-refractivity contribution in [2.24, 2.45) is 0 Å². The molecule has 2 N–H and O–H groups in total. The Morgan fingerprint density at radius 1 is 1.47 bits per heavy atom. The van der Waals surface area contributed by atoms with Gasteiger partial charge in [0.25, 0.3) is 0 Å². The van der Waals surface area contributed by atoms with Gasteiger partial charge in [-0.3, -0.25) is 0 Å². The molecule has 0 saturated carbocycles. The minimum atomic E-state index is -0.238. The number of fused-ring (bicyclic) bond motifs is 4. The van der Waals surface area contributed by atoms with Crippen molar-refractivity contribution in [3.63, 3.8) is 0 Å². The second-order valence-electron chi connectivity index (χ2n) is 5.77. The summed E-state index contributed by atoms with van der Waals surface area (Å²) in [4.78, 5) is 7.28. The fraction of sp³-hybridized carbons (Fsp3) is 0.643. The van der Waals surface area contributed by atoms with Gasteiger partial charge in [-0.1, -0.05) is 0 Å². The Morgan fingerprint density at radius 2 is 2.37 bits per heavy atom. The van der Waals surface area contributed by atoms with E-state index in [1.807, 2.05) is 0 Å². The zero-order valence-electron chi connectivity index (χ0n) is 11.1. The summed E-state index contributed by atoms with van der Waals surface area (Å²) in [6.07, 6.45) is 0.828. The second-order valence-corrected chi connectivity index (χ2v) is 5.77. The first-order valence-corrected chi connectivity index (χ1v) is 7.02. The van der Waals surface area contributed by atoms with Gasteiger partial charge >= 0.3 is 0 Å². The molecule has 0 spiro atoms. The highest BCUT2D eigenvalue weighted by atomic mass is 16.5. The summed E-state index contributed by atoms with van der Waals surface area (Å²) in [5, 5.41) is 12.8. The van der Waals surface area contributed by atoms with Gasteiger partial charge in [0.15, 0.2) is 0 Å². The van der Waals surface area contributed by atoms with Crippen LogP contribution in [0, 0.1) is 0 Å². The molecule has 3 aliphatic heterocycles. The van der Waals surface area contributed by atoms with Gasteiger partial charge < -0.3 is 20.1 Å². The molecule has 1 aromatic heterocycles. The third-order valence-corrected chi connectivity index (χ3v) is 4.49. The number of aliphatic hydroxyl groups excluding tert-OH is 1. The first kappa shape index (κ1) is 11.6. The Kier molecular flexibility index (Phi) is 2.55. The summed E-state index contributed by atoms with van der Waals surface area (Å²) in [6.45, 7) is 4.88. The van der Waals surface area contributed by atoms with Crippen molar-refractivity contribution in [1.29, 1.82) is 0 Å². The third kappa shape index (κ3) is 1.62. The van der Waals surface area contributed by atoms with Crippen LogP contribution in [0.15, 0.2) is 6.07 Å².